The first kappa shape index (κ1) is 86.4. The number of allylic oxidation sites excluding steroid dienone is 2. The molecule has 2 aliphatic rings. The maximum absolute atomic E-state index is 13.3. The lowest BCUT2D eigenvalue weighted by Crippen LogP contribution is -3.00. The van der Waals surface area contributed by atoms with E-state index in [0.717, 1.165) is 31.6 Å². The average Bonchev–Trinajstić information content (AvgIpc) is 1.61. The zero-order chi connectivity index (χ0) is 76.7. The van der Waals surface area contributed by atoms with Gasteiger partial charge in [-0.15, -0.1) is 13.2 Å². The number of fused-ring (bicyclic) bond motifs is 4. The number of aliphatic hydroxyl groups is 3. The zero-order valence-corrected chi connectivity index (χ0v) is 67.4. The molecule has 13 heterocycles. The van der Waals surface area contributed by atoms with Crippen LogP contribution in [0, 0.1) is 5.41 Å². The molecule has 5 N–H and O–H groups in total. The lowest BCUT2D eigenvalue weighted by atomic mass is 9.71. The molecule has 0 radical (unpaired) electrons. The van der Waals surface area contributed by atoms with E-state index in [0.29, 0.717) is 132 Å². The fraction of sp³-hybridized carbons (Fsp3) is 0.416. The smallest absolute Gasteiger partial charge is 0.278 e. The number of rotatable bonds is 20. The van der Waals surface area contributed by atoms with Crippen LogP contribution in [0.2, 0.25) is 0 Å². The van der Waals surface area contributed by atoms with Crippen LogP contribution in [-0.2, 0) is 43.0 Å². The number of hydrogen-bond donors (Lipinski definition) is 5. The molecule has 14 rings (SSSR count). The van der Waals surface area contributed by atoms with Gasteiger partial charge < -0.3 is 54.4 Å². The van der Waals surface area contributed by atoms with Gasteiger partial charge in [0.2, 0.25) is 5.95 Å². The highest BCUT2D eigenvalue weighted by molar-refractivity contribution is 7.98. The fourth-order valence-corrected chi connectivity index (χ4v) is 13.8. The quantitative estimate of drug-likeness (QED) is 0.0207. The number of aromatic nitrogens is 19. The molecule has 33 heteroatoms. The maximum atomic E-state index is 13.3. The van der Waals surface area contributed by atoms with Gasteiger partial charge in [0.05, 0.1) is 30.2 Å². The Labute approximate surface area is 668 Å². The summed E-state index contributed by atoms with van der Waals surface area (Å²) >= 11 is 4.25. The van der Waals surface area contributed by atoms with E-state index in [9.17, 15) is 34.5 Å². The summed E-state index contributed by atoms with van der Waals surface area (Å²) in [5.41, 5.74) is 2.32. The van der Waals surface area contributed by atoms with Crippen LogP contribution >= 0.6 is 35.3 Å². The molecule has 2 saturated heterocycles. The van der Waals surface area contributed by atoms with E-state index >= 15 is 0 Å². The van der Waals surface area contributed by atoms with Crippen molar-refractivity contribution in [2.75, 3.05) is 62.2 Å². The monoisotopic (exact) mass is 1670 g/mol. The Kier molecular flexibility index (Phi) is 28.8. The molecule has 586 valence electrons. The number of piperidine rings is 2. The number of benzene rings is 1. The molecular formula is C77H100IN22O7S3-. The van der Waals surface area contributed by atoms with Gasteiger partial charge in [-0.2, -0.15) is 4.98 Å². The molecule has 110 heavy (non-hydrogen) atoms. The number of H-pyrrole nitrogens is 1. The third-order valence-corrected chi connectivity index (χ3v) is 20.3. The molecular weight excluding hydrogens is 1570 g/mol. The van der Waals surface area contributed by atoms with Gasteiger partial charge in [-0.1, -0.05) is 94.3 Å². The van der Waals surface area contributed by atoms with Crippen LogP contribution < -0.4 is 56.4 Å². The summed E-state index contributed by atoms with van der Waals surface area (Å²) in [5.74, 6) is 1.97. The van der Waals surface area contributed by atoms with Crippen LogP contribution in [0.15, 0.2) is 164 Å². The number of pyridine rings is 3. The van der Waals surface area contributed by atoms with Gasteiger partial charge in [-0.05, 0) is 185 Å². The summed E-state index contributed by atoms with van der Waals surface area (Å²) in [6.45, 7) is 27.8. The second-order valence-corrected chi connectivity index (χ2v) is 30.1. The van der Waals surface area contributed by atoms with Crippen molar-refractivity contribution in [1.82, 2.24) is 97.6 Å². The third-order valence-electron chi connectivity index (χ3n) is 18.6. The molecule has 12 aromatic rings. The first-order valence-corrected chi connectivity index (χ1v) is 39.0. The summed E-state index contributed by atoms with van der Waals surface area (Å²) in [5, 5.41) is 40.9. The zero-order valence-electron chi connectivity index (χ0n) is 62.8. The van der Waals surface area contributed by atoms with E-state index in [4.69, 9.17) is 4.98 Å². The van der Waals surface area contributed by atoms with Gasteiger partial charge >= 0.3 is 0 Å². The molecule has 29 nitrogen and oxygen atoms in total. The van der Waals surface area contributed by atoms with E-state index < -0.39 is 16.8 Å². The highest BCUT2D eigenvalue weighted by atomic mass is 127. The molecule has 11 aromatic heterocycles. The van der Waals surface area contributed by atoms with Crippen molar-refractivity contribution in [3.05, 3.63) is 187 Å². The molecule has 2 fully saturated rings. The predicted molar refractivity (Wildman–Crippen MR) is 437 cm³/mol. The Bertz CT molecular complexity index is 5430. The summed E-state index contributed by atoms with van der Waals surface area (Å²) in [6, 6.07) is 24.6. The van der Waals surface area contributed by atoms with Crippen molar-refractivity contribution in [1.29, 1.82) is 0 Å². The minimum absolute atomic E-state index is 0. The van der Waals surface area contributed by atoms with Gasteiger partial charge in [0.25, 0.3) is 22.2 Å². The number of halogens is 1. The molecule has 0 amide bonds. The summed E-state index contributed by atoms with van der Waals surface area (Å²) in [7, 11) is 2.23. The highest BCUT2D eigenvalue weighted by Crippen LogP contribution is 2.42. The van der Waals surface area contributed by atoms with E-state index in [1.165, 1.54) is 95.3 Å². The average molecular weight is 1670 g/mol. The molecule has 2 aliphatic heterocycles. The Balaban J connectivity index is 0.000000194. The number of anilines is 3. The van der Waals surface area contributed by atoms with E-state index in [1.54, 1.807) is 132 Å². The van der Waals surface area contributed by atoms with Gasteiger partial charge in [0.1, 0.15) is 38.3 Å². The predicted octanol–water partition coefficient (Wildman–Crippen LogP) is 8.42. The van der Waals surface area contributed by atoms with E-state index in [1.807, 2.05) is 50.8 Å². The van der Waals surface area contributed by atoms with E-state index in [-0.39, 0.29) is 61.1 Å². The van der Waals surface area contributed by atoms with Crippen LogP contribution in [0.4, 0.5) is 17.3 Å². The standard InChI is InChI=1S/C32H42N8O2.C17H21N5O2S.C17H19N5O2S.C9H10N4OS.2CH4.HI/c1-5-17-39-29(41)25-22-33-30(36-28(25)40(39)27-8-6-7-26(35-27)31(2,3)42)34-23-9-11-24(12-10-23)38-20-15-32(16-21-38)13-18-37(4)19-14-32;2*1-5-9-21-15(23)11-10-18-16(25-4)20-14(11)22(21)13-8-6-7-12(19-13)17(2,3)24;1-3-4-13-8(14)6-5-10-9(15-2)11-7(6)12-13;;;/h6-12,22,42H,5,13-21H2,1-4H3,(H,33,34,36);6-8,10,24H,5,9H2,1-4H3;5-8,10,24H,1,9H2,2-4H3;3,5H,1,4H2,2H3,(H,10,11,12);2*1H4;1H/p-1. The largest absolute Gasteiger partial charge is 1.00 e. The number of nitrogens with one attached hydrogen (secondary N) is 2. The molecule has 0 saturated carbocycles. The molecule has 1 spiro atoms. The SMILES string of the molecule is C.C.C=CCn1[nH]c2nc(SC)ncc2c1=O.C=CCn1c(=O)c2cnc(SC)nc2n1-c1cccc(C(C)(C)O)n1.CCCn1c(=O)c2cnc(Nc3ccc(N4CCC5(CCN(C)CC5)CC4)cc3)nc2n1-c1cccc(C(C)(C)O)n1.CCCn1c(=O)c2cnc(SC)nc2n1-c1cccc(C(C)(C)O)n1.[I-]. The van der Waals surface area contributed by atoms with Gasteiger partial charge in [-0.3, -0.25) is 24.3 Å². The van der Waals surface area contributed by atoms with Gasteiger partial charge in [0.15, 0.2) is 55.5 Å². The van der Waals surface area contributed by atoms with Crippen molar-refractivity contribution in [3.8, 4) is 17.5 Å². The number of thioether (sulfide) groups is 3. The number of likely N-dealkylation sites (tertiary alicyclic amines) is 1. The second-order valence-electron chi connectivity index (χ2n) is 27.8. The lowest BCUT2D eigenvalue weighted by molar-refractivity contribution is -0.0000435. The van der Waals surface area contributed by atoms with E-state index in [2.05, 4.69) is 115 Å². The highest BCUT2D eigenvalue weighted by Gasteiger charge is 2.37. The van der Waals surface area contributed by atoms with Crippen LogP contribution in [0.3, 0.4) is 0 Å². The minimum Gasteiger partial charge on any atom is -1.00 e. The molecule has 0 bridgehead atoms. The number of nitrogens with zero attached hydrogens (tertiary/aromatic N) is 20. The van der Waals surface area contributed by atoms with Crippen molar-refractivity contribution in [2.45, 2.75) is 167 Å². The maximum Gasteiger partial charge on any atom is 0.278 e. The Morgan fingerprint density at radius 3 is 1.32 bits per heavy atom. The minimum atomic E-state index is -1.12. The summed E-state index contributed by atoms with van der Waals surface area (Å²) in [6.07, 6.45) is 21.9. The normalized spacial score (nSPS) is 13.6. The second kappa shape index (κ2) is 36.7. The van der Waals surface area contributed by atoms with Crippen molar-refractivity contribution in [2.24, 2.45) is 5.41 Å². The fourth-order valence-electron chi connectivity index (χ4n) is 12.8. The summed E-state index contributed by atoms with van der Waals surface area (Å²) < 4.78 is 11.3. The summed E-state index contributed by atoms with van der Waals surface area (Å²) in [4.78, 5) is 104. The van der Waals surface area contributed by atoms with Crippen LogP contribution in [0.1, 0.15) is 126 Å². The van der Waals surface area contributed by atoms with Crippen molar-refractivity contribution < 1.29 is 39.3 Å². The van der Waals surface area contributed by atoms with Crippen molar-refractivity contribution in [3.63, 3.8) is 0 Å². The Morgan fingerprint density at radius 2 is 0.900 bits per heavy atom. The Morgan fingerprint density at radius 1 is 0.509 bits per heavy atom. The molecule has 1 aromatic carbocycles. The number of hydrogen-bond acceptors (Lipinski definition) is 24. The van der Waals surface area contributed by atoms with Gasteiger partial charge in [0, 0.05) is 62.3 Å². The number of aromatic amines is 1. The van der Waals surface area contributed by atoms with Gasteiger partial charge in [-0.25, -0.2) is 82.6 Å². The molecule has 0 atom stereocenters. The van der Waals surface area contributed by atoms with Crippen LogP contribution in [0.5, 0.6) is 0 Å². The topological polar surface area (TPSA) is 340 Å². The first-order valence-electron chi connectivity index (χ1n) is 35.3. The van der Waals surface area contributed by atoms with Crippen LogP contribution in [-0.4, -0.2) is 165 Å². The Hall–Kier alpha value is -9.23. The lowest BCUT2D eigenvalue weighted by Gasteiger charge is -2.46. The van der Waals surface area contributed by atoms with Crippen molar-refractivity contribution >= 4 is 96.7 Å². The molecule has 0 unspecified atom stereocenters. The first-order chi connectivity index (χ1) is 51.1. The third kappa shape index (κ3) is 19.0. The molecule has 0 aliphatic carbocycles. The van der Waals surface area contributed by atoms with Crippen LogP contribution in [0.25, 0.3) is 61.6 Å².